The lowest BCUT2D eigenvalue weighted by Crippen LogP contribution is -2.20. The molecule has 3 unspecified atom stereocenters. The summed E-state index contributed by atoms with van der Waals surface area (Å²) in [6, 6.07) is 10.0. The molecule has 0 spiro atoms. The van der Waals surface area contributed by atoms with E-state index in [9.17, 15) is 18.9 Å². The maximum absolute atomic E-state index is 13.8. The highest BCUT2D eigenvalue weighted by Gasteiger charge is 2.35. The molecular weight excluding hydrogens is 446 g/mol. The standard InChI is InChI=1S/C24H44O6P2/c1-5-7-13-21(3)29-32(28,30-22(4)14-8-6-2)20-24(19-31(25,26)27)18-12-17-23-15-10-9-11-16-23/h9-11,15-16,21-22,24H,5-8,12-14,17-20H2,1-4H3,(H2,25,26,27). The van der Waals surface area contributed by atoms with E-state index < -0.39 is 21.1 Å². The third-order valence-corrected chi connectivity index (χ3v) is 8.83. The fourth-order valence-corrected chi connectivity index (χ4v) is 7.54. The third-order valence-electron chi connectivity index (χ3n) is 5.51. The first kappa shape index (κ1) is 29.6. The summed E-state index contributed by atoms with van der Waals surface area (Å²) in [5.41, 5.74) is 1.18. The SMILES string of the molecule is CCCCC(C)OP(=O)(CC(CCCc1ccccc1)CP(=O)(O)O)OC(C)CCCC. The Bertz CT molecular complexity index is 686. The number of benzene rings is 1. The highest BCUT2D eigenvalue weighted by atomic mass is 31.2. The summed E-state index contributed by atoms with van der Waals surface area (Å²) in [4.78, 5) is 19.3. The summed E-state index contributed by atoms with van der Waals surface area (Å²) in [6.07, 6.45) is 6.96. The summed E-state index contributed by atoms with van der Waals surface area (Å²) in [5, 5.41) is 0. The zero-order valence-electron chi connectivity index (χ0n) is 20.3. The van der Waals surface area contributed by atoms with E-state index in [-0.39, 0.29) is 24.5 Å². The molecule has 0 radical (unpaired) electrons. The Morgan fingerprint density at radius 3 is 1.81 bits per heavy atom. The minimum Gasteiger partial charge on any atom is -0.324 e. The summed E-state index contributed by atoms with van der Waals surface area (Å²) >= 11 is 0. The van der Waals surface area contributed by atoms with Gasteiger partial charge >= 0.3 is 15.2 Å². The molecule has 3 atom stereocenters. The second-order valence-electron chi connectivity index (χ2n) is 9.00. The fraction of sp³-hybridized carbons (Fsp3) is 0.750. The second kappa shape index (κ2) is 15.4. The molecule has 1 aromatic rings. The minimum atomic E-state index is -4.26. The number of rotatable bonds is 18. The Morgan fingerprint density at radius 2 is 1.34 bits per heavy atom. The van der Waals surface area contributed by atoms with Gasteiger partial charge in [-0.05, 0) is 57.4 Å². The predicted molar refractivity (Wildman–Crippen MR) is 132 cm³/mol. The van der Waals surface area contributed by atoms with Crippen LogP contribution in [0.15, 0.2) is 30.3 Å². The van der Waals surface area contributed by atoms with Crippen molar-refractivity contribution in [2.24, 2.45) is 5.92 Å². The van der Waals surface area contributed by atoms with Crippen LogP contribution in [0.3, 0.4) is 0 Å². The van der Waals surface area contributed by atoms with Crippen molar-refractivity contribution in [2.75, 3.05) is 12.3 Å². The van der Waals surface area contributed by atoms with E-state index in [1.807, 2.05) is 44.2 Å². The monoisotopic (exact) mass is 490 g/mol. The van der Waals surface area contributed by atoms with Crippen molar-refractivity contribution in [2.45, 2.75) is 97.7 Å². The number of hydrogen-bond acceptors (Lipinski definition) is 4. The highest BCUT2D eigenvalue weighted by molar-refractivity contribution is 7.54. The van der Waals surface area contributed by atoms with E-state index in [1.165, 1.54) is 5.56 Å². The number of hydrogen-bond donors (Lipinski definition) is 2. The summed E-state index contributed by atoms with van der Waals surface area (Å²) in [7, 11) is -7.77. The number of unbranched alkanes of at least 4 members (excludes halogenated alkanes) is 2. The highest BCUT2D eigenvalue weighted by Crippen LogP contribution is 2.55. The van der Waals surface area contributed by atoms with Gasteiger partial charge in [0.2, 0.25) is 0 Å². The summed E-state index contributed by atoms with van der Waals surface area (Å²) < 4.78 is 37.6. The molecule has 0 aliphatic carbocycles. The Hall–Kier alpha value is -0.480. The molecule has 186 valence electrons. The van der Waals surface area contributed by atoms with Crippen LogP contribution >= 0.6 is 15.2 Å². The van der Waals surface area contributed by atoms with Crippen LogP contribution in [0.25, 0.3) is 0 Å². The Morgan fingerprint density at radius 1 is 0.812 bits per heavy atom. The molecule has 0 fully saturated rings. The average molecular weight is 491 g/mol. The van der Waals surface area contributed by atoms with Gasteiger partial charge in [0.05, 0.1) is 24.5 Å². The molecule has 0 amide bonds. The van der Waals surface area contributed by atoms with E-state index in [0.717, 1.165) is 51.4 Å². The molecule has 2 N–H and O–H groups in total. The van der Waals surface area contributed by atoms with Crippen LogP contribution in [0.5, 0.6) is 0 Å². The topological polar surface area (TPSA) is 93.1 Å². The van der Waals surface area contributed by atoms with Gasteiger partial charge in [-0.2, -0.15) is 0 Å². The van der Waals surface area contributed by atoms with Crippen molar-refractivity contribution in [1.29, 1.82) is 0 Å². The van der Waals surface area contributed by atoms with E-state index in [0.29, 0.717) is 6.42 Å². The van der Waals surface area contributed by atoms with Crippen molar-refractivity contribution in [1.82, 2.24) is 0 Å². The number of aryl methyl sites for hydroxylation is 1. The van der Waals surface area contributed by atoms with Gasteiger partial charge < -0.3 is 18.8 Å². The van der Waals surface area contributed by atoms with Gasteiger partial charge in [-0.1, -0.05) is 69.9 Å². The van der Waals surface area contributed by atoms with E-state index >= 15 is 0 Å². The summed E-state index contributed by atoms with van der Waals surface area (Å²) in [5.74, 6) is -0.429. The molecular formula is C24H44O6P2. The second-order valence-corrected chi connectivity index (χ2v) is 12.7. The van der Waals surface area contributed by atoms with E-state index in [2.05, 4.69) is 13.8 Å². The minimum absolute atomic E-state index is 0.0415. The van der Waals surface area contributed by atoms with Gasteiger partial charge in [0.1, 0.15) is 0 Å². The molecule has 1 aromatic carbocycles. The van der Waals surface area contributed by atoms with E-state index in [1.54, 1.807) is 0 Å². The molecule has 0 heterocycles. The quantitative estimate of drug-likeness (QED) is 0.212. The zero-order chi connectivity index (χ0) is 24.0. The maximum atomic E-state index is 13.8. The molecule has 8 heteroatoms. The van der Waals surface area contributed by atoms with Gasteiger partial charge in [0.15, 0.2) is 0 Å². The van der Waals surface area contributed by atoms with Gasteiger partial charge in [0.25, 0.3) is 0 Å². The first-order valence-corrected chi connectivity index (χ1v) is 15.6. The first-order valence-electron chi connectivity index (χ1n) is 12.1. The predicted octanol–water partition coefficient (Wildman–Crippen LogP) is 7.19. The Kier molecular flexibility index (Phi) is 14.2. The van der Waals surface area contributed by atoms with Crippen molar-refractivity contribution in [3.63, 3.8) is 0 Å². The van der Waals surface area contributed by atoms with Crippen molar-refractivity contribution < 1.29 is 28.0 Å². The van der Waals surface area contributed by atoms with Crippen molar-refractivity contribution in [3.05, 3.63) is 35.9 Å². The van der Waals surface area contributed by atoms with Crippen LogP contribution in [0.1, 0.15) is 84.6 Å². The van der Waals surface area contributed by atoms with Crippen molar-refractivity contribution >= 4 is 15.2 Å². The lowest BCUT2D eigenvalue weighted by molar-refractivity contribution is 0.115. The Balaban J connectivity index is 2.90. The van der Waals surface area contributed by atoms with Crippen LogP contribution in [-0.4, -0.2) is 34.3 Å². The lowest BCUT2D eigenvalue weighted by Gasteiger charge is -2.29. The van der Waals surface area contributed by atoms with Crippen LogP contribution < -0.4 is 0 Å². The molecule has 0 bridgehead atoms. The smallest absolute Gasteiger partial charge is 0.324 e. The normalized spacial score (nSPS) is 16.9. The summed E-state index contributed by atoms with van der Waals surface area (Å²) in [6.45, 7) is 7.99. The maximum Gasteiger partial charge on any atom is 0.331 e. The Labute approximate surface area is 195 Å². The molecule has 1 rings (SSSR count). The first-order chi connectivity index (χ1) is 15.1. The van der Waals surface area contributed by atoms with Gasteiger partial charge in [-0.25, -0.2) is 0 Å². The van der Waals surface area contributed by atoms with Crippen molar-refractivity contribution in [3.8, 4) is 0 Å². The fourth-order valence-electron chi connectivity index (χ4n) is 3.88. The van der Waals surface area contributed by atoms with Crippen LogP contribution in [0, 0.1) is 5.92 Å². The average Bonchev–Trinajstić information content (AvgIpc) is 2.70. The lowest BCUT2D eigenvalue weighted by atomic mass is 10.0. The molecule has 6 nitrogen and oxygen atoms in total. The zero-order valence-corrected chi connectivity index (χ0v) is 22.1. The molecule has 0 saturated heterocycles. The molecule has 0 aliphatic rings. The van der Waals surface area contributed by atoms with Gasteiger partial charge in [0, 0.05) is 0 Å². The van der Waals surface area contributed by atoms with Crippen LogP contribution in [0.2, 0.25) is 0 Å². The molecule has 32 heavy (non-hydrogen) atoms. The van der Waals surface area contributed by atoms with Gasteiger partial charge in [-0.15, -0.1) is 0 Å². The molecule has 0 aromatic heterocycles. The van der Waals surface area contributed by atoms with Crippen LogP contribution in [0.4, 0.5) is 0 Å². The van der Waals surface area contributed by atoms with Gasteiger partial charge in [-0.3, -0.25) is 9.13 Å². The molecule has 0 aliphatic heterocycles. The van der Waals surface area contributed by atoms with Crippen LogP contribution in [-0.2, 0) is 24.6 Å². The molecule has 0 saturated carbocycles. The third kappa shape index (κ3) is 13.9. The van der Waals surface area contributed by atoms with E-state index in [4.69, 9.17) is 9.05 Å². The largest absolute Gasteiger partial charge is 0.331 e.